The molecule has 1 saturated heterocycles. The fourth-order valence-electron chi connectivity index (χ4n) is 1.26. The summed E-state index contributed by atoms with van der Waals surface area (Å²) in [6, 6.07) is 0. The van der Waals surface area contributed by atoms with E-state index in [0.29, 0.717) is 13.1 Å². The lowest BCUT2D eigenvalue weighted by Crippen LogP contribution is -2.40. The highest BCUT2D eigenvalue weighted by Crippen LogP contribution is 2.17. The van der Waals surface area contributed by atoms with E-state index < -0.39 is 5.38 Å². The van der Waals surface area contributed by atoms with Gasteiger partial charge in [-0.25, -0.2) is 0 Å². The van der Waals surface area contributed by atoms with Crippen molar-refractivity contribution in [2.75, 3.05) is 13.1 Å². The van der Waals surface area contributed by atoms with Crippen molar-refractivity contribution in [2.24, 2.45) is 0 Å². The summed E-state index contributed by atoms with van der Waals surface area (Å²) in [4.78, 5) is 22.5. The zero-order valence-corrected chi connectivity index (χ0v) is 7.84. The minimum absolute atomic E-state index is 0.314. The van der Waals surface area contributed by atoms with Crippen LogP contribution in [-0.4, -0.2) is 40.3 Å². The maximum absolute atomic E-state index is 11.2. The van der Waals surface area contributed by atoms with E-state index in [9.17, 15) is 9.59 Å². The quantitative estimate of drug-likeness (QED) is 0.462. The summed E-state index contributed by atoms with van der Waals surface area (Å²) in [5.74, 6) is -0.628. The summed E-state index contributed by atoms with van der Waals surface area (Å²) in [6.45, 7) is 4.59. The van der Waals surface area contributed by atoms with Crippen molar-refractivity contribution in [3.05, 3.63) is 0 Å². The molecule has 0 aliphatic carbocycles. The number of carbonyl (C=O) groups excluding carboxylic acids is 2. The Balaban J connectivity index is 2.87. The van der Waals surface area contributed by atoms with Crippen LogP contribution in [0, 0.1) is 0 Å². The third kappa shape index (κ3) is 1.16. The number of rotatable bonds is 2. The maximum Gasteiger partial charge on any atom is 0.268 e. The van der Waals surface area contributed by atoms with Gasteiger partial charge >= 0.3 is 0 Å². The van der Waals surface area contributed by atoms with Crippen LogP contribution in [0.3, 0.4) is 0 Å². The zero-order chi connectivity index (χ0) is 9.30. The Labute approximate surface area is 76.0 Å². The highest BCUT2D eigenvalue weighted by molar-refractivity contribution is 6.43. The first-order valence-electron chi connectivity index (χ1n) is 3.90. The average molecular weight is 191 g/mol. The van der Waals surface area contributed by atoms with Crippen molar-refractivity contribution in [1.82, 2.24) is 10.0 Å². The molecule has 4 nitrogen and oxygen atoms in total. The predicted octanol–water partition coefficient (Wildman–Crippen LogP) is 0.219. The van der Waals surface area contributed by atoms with Gasteiger partial charge in [0.25, 0.3) is 11.8 Å². The van der Waals surface area contributed by atoms with Gasteiger partial charge in [0, 0.05) is 13.1 Å². The lowest BCUT2D eigenvalue weighted by molar-refractivity contribution is -0.145. The van der Waals surface area contributed by atoms with E-state index in [1.165, 1.54) is 10.0 Å². The van der Waals surface area contributed by atoms with E-state index in [0.717, 1.165) is 0 Å². The molecule has 0 aromatic carbocycles. The van der Waals surface area contributed by atoms with Crippen LogP contribution in [0.15, 0.2) is 0 Å². The molecule has 0 N–H and O–H groups in total. The SMILES string of the molecule is CCN1C(=O)C(Cl)C(=O)N1CC. The second-order valence-corrected chi connectivity index (χ2v) is 2.91. The molecule has 2 amide bonds. The van der Waals surface area contributed by atoms with Crippen LogP contribution in [0.2, 0.25) is 0 Å². The number of halogens is 1. The number of hydrogen-bond acceptors (Lipinski definition) is 2. The van der Waals surface area contributed by atoms with Crippen LogP contribution in [0.4, 0.5) is 0 Å². The summed E-state index contributed by atoms with van der Waals surface area (Å²) >= 11 is 5.58. The first-order chi connectivity index (χ1) is 5.63. The third-order valence-electron chi connectivity index (χ3n) is 1.83. The smallest absolute Gasteiger partial charge is 0.268 e. The highest BCUT2D eigenvalue weighted by atomic mass is 35.5. The molecule has 12 heavy (non-hydrogen) atoms. The van der Waals surface area contributed by atoms with Crippen molar-refractivity contribution < 1.29 is 9.59 Å². The number of carbonyl (C=O) groups is 2. The van der Waals surface area contributed by atoms with Gasteiger partial charge in [0.1, 0.15) is 0 Å². The molecule has 1 fully saturated rings. The van der Waals surface area contributed by atoms with Gasteiger partial charge in [0.2, 0.25) is 0 Å². The topological polar surface area (TPSA) is 40.6 Å². The number of hydrazine groups is 1. The Morgan fingerprint density at radius 3 is 1.75 bits per heavy atom. The summed E-state index contributed by atoms with van der Waals surface area (Å²) in [5.41, 5.74) is 0. The Morgan fingerprint density at radius 1 is 1.17 bits per heavy atom. The molecular weight excluding hydrogens is 180 g/mol. The van der Waals surface area contributed by atoms with Crippen LogP contribution >= 0.6 is 11.6 Å². The Hall–Kier alpha value is -0.770. The fraction of sp³-hybridized carbons (Fsp3) is 0.714. The minimum atomic E-state index is -1.01. The summed E-state index contributed by atoms with van der Waals surface area (Å²) < 4.78 is 0. The van der Waals surface area contributed by atoms with E-state index in [1.54, 1.807) is 0 Å². The second-order valence-electron chi connectivity index (χ2n) is 2.47. The van der Waals surface area contributed by atoms with E-state index in [2.05, 4.69) is 0 Å². The van der Waals surface area contributed by atoms with Gasteiger partial charge in [-0.3, -0.25) is 19.6 Å². The van der Waals surface area contributed by atoms with Gasteiger partial charge in [-0.15, -0.1) is 11.6 Å². The molecular formula is C7H11ClN2O2. The Kier molecular flexibility index (Phi) is 2.57. The lowest BCUT2D eigenvalue weighted by Gasteiger charge is -2.24. The average Bonchev–Trinajstić information content (AvgIpc) is 2.29. The van der Waals surface area contributed by atoms with Crippen LogP contribution in [0.1, 0.15) is 13.8 Å². The molecule has 0 saturated carbocycles. The summed E-state index contributed by atoms with van der Waals surface area (Å²) in [5, 5.41) is 1.74. The molecule has 0 bridgehead atoms. The third-order valence-corrected chi connectivity index (χ3v) is 2.21. The van der Waals surface area contributed by atoms with E-state index in [-0.39, 0.29) is 11.8 Å². The standard InChI is InChI=1S/C7H11ClN2O2/c1-3-9-6(11)5(8)7(12)10(9)4-2/h5H,3-4H2,1-2H3. The van der Waals surface area contributed by atoms with Gasteiger partial charge in [0.15, 0.2) is 5.38 Å². The molecule has 1 rings (SSSR count). The number of hydrogen-bond donors (Lipinski definition) is 0. The highest BCUT2D eigenvalue weighted by Gasteiger charge is 2.42. The Morgan fingerprint density at radius 2 is 1.50 bits per heavy atom. The monoisotopic (exact) mass is 190 g/mol. The molecule has 0 aromatic heterocycles. The lowest BCUT2D eigenvalue weighted by atomic mass is 10.4. The molecule has 68 valence electrons. The first-order valence-corrected chi connectivity index (χ1v) is 4.33. The molecule has 1 heterocycles. The van der Waals surface area contributed by atoms with Crippen molar-refractivity contribution in [3.8, 4) is 0 Å². The van der Waals surface area contributed by atoms with Crippen molar-refractivity contribution in [1.29, 1.82) is 0 Å². The molecule has 5 heteroatoms. The maximum atomic E-state index is 11.2. The largest absolute Gasteiger partial charge is 0.271 e. The van der Waals surface area contributed by atoms with Gasteiger partial charge in [-0.1, -0.05) is 0 Å². The van der Waals surface area contributed by atoms with Gasteiger partial charge in [-0.2, -0.15) is 0 Å². The molecule has 1 aliphatic heterocycles. The molecule has 0 atom stereocenters. The normalized spacial score (nSPS) is 19.6. The zero-order valence-electron chi connectivity index (χ0n) is 7.08. The van der Waals surface area contributed by atoms with Crippen LogP contribution in [0.25, 0.3) is 0 Å². The van der Waals surface area contributed by atoms with Gasteiger partial charge in [0.05, 0.1) is 0 Å². The molecule has 0 radical (unpaired) electrons. The van der Waals surface area contributed by atoms with E-state index >= 15 is 0 Å². The molecule has 1 aliphatic rings. The fourth-order valence-corrected chi connectivity index (χ4v) is 1.48. The number of amides is 2. The van der Waals surface area contributed by atoms with Crippen LogP contribution in [-0.2, 0) is 9.59 Å². The first kappa shape index (κ1) is 9.32. The van der Waals surface area contributed by atoms with E-state index in [4.69, 9.17) is 11.6 Å². The molecule has 0 spiro atoms. The number of nitrogens with zero attached hydrogens (tertiary/aromatic N) is 2. The predicted molar refractivity (Wildman–Crippen MR) is 44.4 cm³/mol. The van der Waals surface area contributed by atoms with Crippen molar-refractivity contribution >= 4 is 23.4 Å². The van der Waals surface area contributed by atoms with Crippen molar-refractivity contribution in [2.45, 2.75) is 19.2 Å². The number of alkyl halides is 1. The van der Waals surface area contributed by atoms with Gasteiger partial charge in [-0.05, 0) is 13.8 Å². The summed E-state index contributed by atoms with van der Waals surface area (Å²) in [6.07, 6.45) is 0. The van der Waals surface area contributed by atoms with Crippen LogP contribution < -0.4 is 0 Å². The van der Waals surface area contributed by atoms with Crippen LogP contribution in [0.5, 0.6) is 0 Å². The Bertz CT molecular complexity index is 197. The van der Waals surface area contributed by atoms with E-state index in [1.807, 2.05) is 13.8 Å². The second kappa shape index (κ2) is 3.31. The minimum Gasteiger partial charge on any atom is -0.271 e. The van der Waals surface area contributed by atoms with Gasteiger partial charge < -0.3 is 0 Å². The molecule has 0 unspecified atom stereocenters. The molecule has 0 aromatic rings. The summed E-state index contributed by atoms with van der Waals surface area (Å²) in [7, 11) is 0. The van der Waals surface area contributed by atoms with Crippen molar-refractivity contribution in [3.63, 3.8) is 0 Å².